The number of alkyl halides is 3. The molecule has 198 valence electrons. The number of carbonyl (C=O) groups excluding carboxylic acids is 2. The molecule has 0 amide bonds. The van der Waals surface area contributed by atoms with Gasteiger partial charge in [0.15, 0.2) is 5.78 Å². The van der Waals surface area contributed by atoms with Gasteiger partial charge in [0.1, 0.15) is 18.6 Å². The van der Waals surface area contributed by atoms with E-state index in [1.54, 1.807) is 46.2 Å². The van der Waals surface area contributed by atoms with Crippen LogP contribution in [0.3, 0.4) is 0 Å². The quantitative estimate of drug-likeness (QED) is 0.279. The summed E-state index contributed by atoms with van der Waals surface area (Å²) in [6.07, 6.45) is -3.69. The first kappa shape index (κ1) is 27.9. The van der Waals surface area contributed by atoms with Crippen molar-refractivity contribution in [2.45, 2.75) is 71.6 Å². The van der Waals surface area contributed by atoms with Crippen LogP contribution in [-0.2, 0) is 28.7 Å². The van der Waals surface area contributed by atoms with Crippen molar-refractivity contribution in [2.24, 2.45) is 0 Å². The Kier molecular flexibility index (Phi) is 7.53. The van der Waals surface area contributed by atoms with Crippen molar-refractivity contribution >= 4 is 11.8 Å². The summed E-state index contributed by atoms with van der Waals surface area (Å²) in [6.45, 7) is 10.8. The van der Waals surface area contributed by atoms with E-state index >= 15 is 0 Å². The van der Waals surface area contributed by atoms with Crippen molar-refractivity contribution in [3.8, 4) is 5.75 Å². The summed E-state index contributed by atoms with van der Waals surface area (Å²) >= 11 is 0. The number of rotatable bonds is 6. The number of nitrogens with zero attached hydrogens (tertiary/aromatic N) is 3. The smallest absolute Gasteiger partial charge is 0.419 e. The number of aromatic nitrogens is 3. The van der Waals surface area contributed by atoms with Crippen LogP contribution in [0.2, 0.25) is 0 Å². The van der Waals surface area contributed by atoms with E-state index in [9.17, 15) is 22.8 Å². The van der Waals surface area contributed by atoms with E-state index in [2.05, 4.69) is 4.98 Å². The molecule has 0 aliphatic rings. The summed E-state index contributed by atoms with van der Waals surface area (Å²) < 4.78 is 47.3. The number of hydrogen-bond acceptors (Lipinski definition) is 5. The van der Waals surface area contributed by atoms with Gasteiger partial charge in [0.05, 0.1) is 6.54 Å². The van der Waals surface area contributed by atoms with Crippen molar-refractivity contribution < 1.29 is 27.5 Å². The maximum atomic E-state index is 13.5. The molecular weight excluding hydrogens is 485 g/mol. The number of nitrogens with one attached hydrogen (secondary N) is 1. The van der Waals surface area contributed by atoms with E-state index in [0.717, 1.165) is 5.56 Å². The zero-order valence-electron chi connectivity index (χ0n) is 21.7. The van der Waals surface area contributed by atoms with Gasteiger partial charge >= 0.3 is 12.1 Å². The topological polar surface area (TPSA) is 90.0 Å². The Balaban J connectivity index is 2.08. The molecule has 3 rings (SSSR count). The van der Waals surface area contributed by atoms with Crippen molar-refractivity contribution in [1.29, 1.82) is 5.41 Å². The van der Waals surface area contributed by atoms with Gasteiger partial charge in [0.2, 0.25) is 5.62 Å². The Hall–Kier alpha value is -3.69. The number of esters is 1. The van der Waals surface area contributed by atoms with Gasteiger partial charge in [-0.1, -0.05) is 71.9 Å². The highest BCUT2D eigenvalue weighted by Gasteiger charge is 2.43. The predicted octanol–water partition coefficient (Wildman–Crippen LogP) is 5.16. The lowest BCUT2D eigenvalue weighted by atomic mass is 9.78. The molecule has 0 fully saturated rings. The minimum absolute atomic E-state index is 0.105. The Morgan fingerprint density at radius 1 is 0.946 bits per heavy atom. The molecule has 0 radical (unpaired) electrons. The van der Waals surface area contributed by atoms with E-state index < -0.39 is 23.0 Å². The fourth-order valence-corrected chi connectivity index (χ4v) is 3.83. The van der Waals surface area contributed by atoms with Crippen LogP contribution in [0.1, 0.15) is 68.6 Å². The monoisotopic (exact) mass is 516 g/mol. The zero-order valence-corrected chi connectivity index (χ0v) is 21.7. The number of halogens is 3. The van der Waals surface area contributed by atoms with Gasteiger partial charge < -0.3 is 4.74 Å². The highest BCUT2D eigenvalue weighted by Crippen LogP contribution is 2.41. The van der Waals surface area contributed by atoms with Crippen molar-refractivity contribution in [3.05, 3.63) is 76.7 Å². The summed E-state index contributed by atoms with van der Waals surface area (Å²) in [5, 5.41) is 8.18. The van der Waals surface area contributed by atoms with E-state index in [4.69, 9.17) is 10.1 Å². The molecule has 2 aromatic carbocycles. The fourth-order valence-electron chi connectivity index (χ4n) is 3.83. The Labute approximate surface area is 213 Å². The van der Waals surface area contributed by atoms with Gasteiger partial charge in [-0.3, -0.25) is 14.9 Å². The molecule has 0 saturated carbocycles. The van der Waals surface area contributed by atoms with Crippen molar-refractivity contribution in [3.63, 3.8) is 0 Å². The number of Topliss-reactive ketones (excluding diaryl/α,β-unsaturated/α-hetero) is 1. The highest BCUT2D eigenvalue weighted by atomic mass is 19.4. The Bertz CT molecular complexity index is 1320. The first-order valence-corrected chi connectivity index (χ1v) is 11.7. The molecule has 3 aromatic rings. The molecule has 1 aromatic heterocycles. The minimum atomic E-state index is -5.17. The zero-order chi connectivity index (χ0) is 27.8. The molecule has 37 heavy (non-hydrogen) atoms. The summed E-state index contributed by atoms with van der Waals surface area (Å²) in [6, 6.07) is 12.4. The van der Waals surface area contributed by atoms with Crippen molar-refractivity contribution in [2.75, 3.05) is 0 Å². The Morgan fingerprint density at radius 2 is 1.49 bits per heavy atom. The lowest BCUT2D eigenvalue weighted by molar-refractivity contribution is -0.189. The van der Waals surface area contributed by atoms with Gasteiger partial charge in [-0.2, -0.15) is 13.2 Å². The molecule has 0 spiro atoms. The standard InChI is InChI=1S/C27H31F3N4O3/c1-25(2,3)19-12-18(13-20(26(4,5)6)22(19)37-23(36)27(28,29)30)21(35)15-34-24(31)32-16-33(34)14-17-10-8-7-9-11-17/h7-13,16,31H,14-15H2,1-6H3. The second-order valence-corrected chi connectivity index (χ2v) is 10.9. The van der Waals surface area contributed by atoms with Crippen LogP contribution in [0.4, 0.5) is 13.2 Å². The SMILES string of the molecule is CC(C)(C)c1cc(C(=O)Cn2c(=N)ncn2Cc2ccccc2)cc(C(C)(C)C)c1OC(=O)C(F)(F)F. The first-order chi connectivity index (χ1) is 17.0. The predicted molar refractivity (Wildman–Crippen MR) is 131 cm³/mol. The third kappa shape index (κ3) is 6.55. The molecule has 1 N–H and O–H groups in total. The maximum Gasteiger partial charge on any atom is 0.491 e. The normalized spacial score (nSPS) is 12.5. The molecule has 0 saturated heterocycles. The molecule has 0 bridgehead atoms. The van der Waals surface area contributed by atoms with Crippen LogP contribution in [-0.4, -0.2) is 32.3 Å². The van der Waals surface area contributed by atoms with E-state index in [1.807, 2.05) is 30.3 Å². The molecule has 1 heterocycles. The Morgan fingerprint density at radius 3 is 1.97 bits per heavy atom. The molecule has 10 heteroatoms. The average Bonchev–Trinajstić information content (AvgIpc) is 3.11. The van der Waals surface area contributed by atoms with Crippen LogP contribution in [0.15, 0.2) is 48.8 Å². The lowest BCUT2D eigenvalue weighted by Gasteiger charge is -2.30. The maximum absolute atomic E-state index is 13.5. The molecule has 0 aliphatic heterocycles. The van der Waals surface area contributed by atoms with Crippen LogP contribution >= 0.6 is 0 Å². The van der Waals surface area contributed by atoms with Gasteiger partial charge in [0.25, 0.3) is 0 Å². The van der Waals surface area contributed by atoms with Gasteiger partial charge in [0, 0.05) is 16.7 Å². The summed E-state index contributed by atoms with van der Waals surface area (Å²) in [5.74, 6) is -2.87. The average molecular weight is 517 g/mol. The van der Waals surface area contributed by atoms with Gasteiger partial charge in [-0.05, 0) is 28.5 Å². The lowest BCUT2D eigenvalue weighted by Crippen LogP contribution is -2.31. The van der Waals surface area contributed by atoms with Crippen LogP contribution in [0.25, 0.3) is 0 Å². The van der Waals surface area contributed by atoms with Crippen molar-refractivity contribution in [1.82, 2.24) is 14.3 Å². The third-order valence-electron chi connectivity index (χ3n) is 5.80. The summed E-state index contributed by atoms with van der Waals surface area (Å²) in [7, 11) is 0. The molecule has 0 atom stereocenters. The number of ketones is 1. The van der Waals surface area contributed by atoms with Gasteiger partial charge in [-0.25, -0.2) is 14.5 Å². The van der Waals surface area contributed by atoms with E-state index in [0.29, 0.717) is 17.7 Å². The molecule has 0 unspecified atom stereocenters. The summed E-state index contributed by atoms with van der Waals surface area (Å²) in [4.78, 5) is 29.3. The first-order valence-electron chi connectivity index (χ1n) is 11.7. The molecular formula is C27H31F3N4O3. The van der Waals surface area contributed by atoms with Gasteiger partial charge in [-0.15, -0.1) is 0 Å². The second-order valence-electron chi connectivity index (χ2n) is 10.9. The molecule has 0 aliphatic carbocycles. The van der Waals surface area contributed by atoms with E-state index in [-0.39, 0.29) is 29.3 Å². The largest absolute Gasteiger partial charge is 0.491 e. The van der Waals surface area contributed by atoms with Crippen LogP contribution in [0, 0.1) is 5.41 Å². The number of carbonyl (C=O) groups is 2. The number of ether oxygens (including phenoxy) is 1. The third-order valence-corrected chi connectivity index (χ3v) is 5.80. The number of hydrogen-bond donors (Lipinski definition) is 1. The highest BCUT2D eigenvalue weighted by molar-refractivity contribution is 5.97. The van der Waals surface area contributed by atoms with E-state index in [1.165, 1.54) is 23.1 Å². The number of benzene rings is 2. The minimum Gasteiger partial charge on any atom is -0.419 e. The van der Waals surface area contributed by atoms with Crippen LogP contribution in [0.5, 0.6) is 5.75 Å². The second kappa shape index (κ2) is 9.99. The molecule has 7 nitrogen and oxygen atoms in total. The fraction of sp³-hybridized carbons (Fsp3) is 0.407. The van der Waals surface area contributed by atoms with Crippen LogP contribution < -0.4 is 10.4 Å². The summed E-state index contributed by atoms with van der Waals surface area (Å²) in [5.41, 5.74) is 0.195.